The third-order valence-corrected chi connectivity index (χ3v) is 4.60. The Balaban J connectivity index is 2.96. The molecule has 19 heavy (non-hydrogen) atoms. The van der Waals surface area contributed by atoms with E-state index >= 15 is 0 Å². The van der Waals surface area contributed by atoms with Gasteiger partial charge in [0.25, 0.3) is 0 Å². The van der Waals surface area contributed by atoms with Crippen molar-refractivity contribution in [2.24, 2.45) is 17.8 Å². The number of benzene rings is 1. The predicted molar refractivity (Wildman–Crippen MR) is 81.1 cm³/mol. The van der Waals surface area contributed by atoms with E-state index in [-0.39, 0.29) is 0 Å². The van der Waals surface area contributed by atoms with Crippen LogP contribution in [0.5, 0.6) is 11.5 Å². The standard InChI is InChI=1S/C17H28O2/c1-11(2)12(3)13(4)14(5)15-8-9-16(18-6)17(10-15)19-7/h8-14H,1-7H3/t12-,13+,14+/m1/s1. The topological polar surface area (TPSA) is 18.5 Å². The second-order valence-corrected chi connectivity index (χ2v) is 5.87. The van der Waals surface area contributed by atoms with E-state index in [1.807, 2.05) is 6.07 Å². The Kier molecular flexibility index (Phi) is 5.71. The van der Waals surface area contributed by atoms with Crippen LogP contribution in [0.4, 0.5) is 0 Å². The zero-order valence-electron chi connectivity index (χ0n) is 13.4. The largest absolute Gasteiger partial charge is 0.493 e. The van der Waals surface area contributed by atoms with Crippen molar-refractivity contribution in [1.29, 1.82) is 0 Å². The molecule has 2 heteroatoms. The molecule has 0 spiro atoms. The van der Waals surface area contributed by atoms with Crippen LogP contribution in [0.3, 0.4) is 0 Å². The average molecular weight is 264 g/mol. The minimum absolute atomic E-state index is 0.511. The summed E-state index contributed by atoms with van der Waals surface area (Å²) in [6, 6.07) is 6.25. The van der Waals surface area contributed by atoms with E-state index in [1.165, 1.54) is 5.56 Å². The molecule has 0 aliphatic heterocycles. The Morgan fingerprint density at radius 1 is 0.789 bits per heavy atom. The molecule has 0 aliphatic rings. The Hall–Kier alpha value is -1.18. The lowest BCUT2D eigenvalue weighted by Crippen LogP contribution is -2.19. The Morgan fingerprint density at radius 2 is 1.37 bits per heavy atom. The Bertz CT molecular complexity index is 398. The molecule has 0 heterocycles. The van der Waals surface area contributed by atoms with Crippen molar-refractivity contribution in [3.8, 4) is 11.5 Å². The maximum atomic E-state index is 5.39. The zero-order chi connectivity index (χ0) is 14.6. The molecular weight excluding hydrogens is 236 g/mol. The summed E-state index contributed by atoms with van der Waals surface area (Å²) in [7, 11) is 3.36. The summed E-state index contributed by atoms with van der Waals surface area (Å²) in [5.74, 6) is 4.16. The first-order chi connectivity index (χ1) is 8.92. The van der Waals surface area contributed by atoms with Gasteiger partial charge in [0.1, 0.15) is 0 Å². The lowest BCUT2D eigenvalue weighted by atomic mass is 9.76. The highest BCUT2D eigenvalue weighted by Crippen LogP contribution is 2.37. The van der Waals surface area contributed by atoms with Gasteiger partial charge in [-0.25, -0.2) is 0 Å². The van der Waals surface area contributed by atoms with Crippen LogP contribution >= 0.6 is 0 Å². The van der Waals surface area contributed by atoms with Crippen LogP contribution < -0.4 is 9.47 Å². The summed E-state index contributed by atoms with van der Waals surface area (Å²) in [4.78, 5) is 0. The van der Waals surface area contributed by atoms with Gasteiger partial charge in [-0.3, -0.25) is 0 Å². The normalized spacial score (nSPS) is 16.0. The second-order valence-electron chi connectivity index (χ2n) is 5.87. The average Bonchev–Trinajstić information content (AvgIpc) is 2.43. The van der Waals surface area contributed by atoms with E-state index in [1.54, 1.807) is 14.2 Å². The summed E-state index contributed by atoms with van der Waals surface area (Å²) in [6.07, 6.45) is 0. The van der Waals surface area contributed by atoms with Gasteiger partial charge >= 0.3 is 0 Å². The van der Waals surface area contributed by atoms with Crippen molar-refractivity contribution in [2.45, 2.75) is 40.5 Å². The smallest absolute Gasteiger partial charge is 0.160 e. The van der Waals surface area contributed by atoms with Gasteiger partial charge in [0.15, 0.2) is 11.5 Å². The minimum atomic E-state index is 0.511. The van der Waals surface area contributed by atoms with E-state index in [4.69, 9.17) is 9.47 Å². The van der Waals surface area contributed by atoms with Crippen LogP contribution in [-0.2, 0) is 0 Å². The van der Waals surface area contributed by atoms with Crippen LogP contribution in [0.25, 0.3) is 0 Å². The van der Waals surface area contributed by atoms with Crippen LogP contribution in [-0.4, -0.2) is 14.2 Å². The molecule has 0 fully saturated rings. The highest BCUT2D eigenvalue weighted by molar-refractivity contribution is 5.43. The van der Waals surface area contributed by atoms with Crippen molar-refractivity contribution >= 4 is 0 Å². The number of ether oxygens (including phenoxy) is 2. The summed E-state index contributed by atoms with van der Waals surface area (Å²) in [6.45, 7) is 11.6. The molecule has 2 nitrogen and oxygen atoms in total. The molecule has 0 amide bonds. The summed E-state index contributed by atoms with van der Waals surface area (Å²) >= 11 is 0. The molecule has 0 N–H and O–H groups in total. The maximum absolute atomic E-state index is 5.39. The lowest BCUT2D eigenvalue weighted by molar-refractivity contribution is 0.263. The van der Waals surface area contributed by atoms with Crippen molar-refractivity contribution in [1.82, 2.24) is 0 Å². The van der Waals surface area contributed by atoms with Crippen LogP contribution in [0.15, 0.2) is 18.2 Å². The summed E-state index contributed by atoms with van der Waals surface area (Å²) in [5.41, 5.74) is 1.32. The van der Waals surface area contributed by atoms with E-state index in [9.17, 15) is 0 Å². The van der Waals surface area contributed by atoms with Crippen LogP contribution in [0.1, 0.15) is 46.1 Å². The third kappa shape index (κ3) is 3.65. The molecule has 1 aromatic carbocycles. The van der Waals surface area contributed by atoms with Crippen molar-refractivity contribution in [3.05, 3.63) is 23.8 Å². The van der Waals surface area contributed by atoms with Crippen molar-refractivity contribution in [2.75, 3.05) is 14.2 Å². The molecule has 0 saturated carbocycles. The van der Waals surface area contributed by atoms with E-state index in [0.717, 1.165) is 11.5 Å². The fourth-order valence-electron chi connectivity index (χ4n) is 2.50. The molecular formula is C17H28O2. The molecule has 0 saturated heterocycles. The Morgan fingerprint density at radius 3 is 1.84 bits per heavy atom. The van der Waals surface area contributed by atoms with Gasteiger partial charge in [-0.05, 0) is 41.4 Å². The third-order valence-electron chi connectivity index (χ3n) is 4.60. The molecule has 0 unspecified atom stereocenters. The zero-order valence-corrected chi connectivity index (χ0v) is 13.4. The summed E-state index contributed by atoms with van der Waals surface area (Å²) in [5, 5.41) is 0. The quantitative estimate of drug-likeness (QED) is 0.739. The van der Waals surface area contributed by atoms with Gasteiger partial charge in [-0.15, -0.1) is 0 Å². The Labute approximate surface area is 118 Å². The highest BCUT2D eigenvalue weighted by Gasteiger charge is 2.23. The SMILES string of the molecule is COc1ccc([C@@H](C)[C@@H](C)[C@H](C)C(C)C)cc1OC. The van der Waals surface area contributed by atoms with Crippen molar-refractivity contribution in [3.63, 3.8) is 0 Å². The number of hydrogen-bond donors (Lipinski definition) is 0. The van der Waals surface area contributed by atoms with Gasteiger partial charge in [0.2, 0.25) is 0 Å². The predicted octanol–water partition coefficient (Wildman–Crippen LogP) is 4.74. The first-order valence-corrected chi connectivity index (χ1v) is 7.14. The van der Waals surface area contributed by atoms with Gasteiger partial charge in [-0.2, -0.15) is 0 Å². The number of methoxy groups -OCH3 is 2. The molecule has 0 aliphatic carbocycles. The first-order valence-electron chi connectivity index (χ1n) is 7.14. The monoisotopic (exact) mass is 264 g/mol. The van der Waals surface area contributed by atoms with Gasteiger partial charge in [-0.1, -0.05) is 40.7 Å². The van der Waals surface area contributed by atoms with E-state index < -0.39 is 0 Å². The lowest BCUT2D eigenvalue weighted by Gasteiger charge is -2.29. The molecule has 0 bridgehead atoms. The fourth-order valence-corrected chi connectivity index (χ4v) is 2.50. The molecule has 108 valence electrons. The highest BCUT2D eigenvalue weighted by atomic mass is 16.5. The molecule has 3 atom stereocenters. The van der Waals surface area contributed by atoms with E-state index in [0.29, 0.717) is 23.7 Å². The maximum Gasteiger partial charge on any atom is 0.160 e. The number of rotatable bonds is 6. The van der Waals surface area contributed by atoms with Gasteiger partial charge < -0.3 is 9.47 Å². The molecule has 1 rings (SSSR count). The van der Waals surface area contributed by atoms with Crippen molar-refractivity contribution < 1.29 is 9.47 Å². The second kappa shape index (κ2) is 6.83. The summed E-state index contributed by atoms with van der Waals surface area (Å²) < 4.78 is 10.7. The molecule has 1 aromatic rings. The van der Waals surface area contributed by atoms with Crippen LogP contribution in [0, 0.1) is 17.8 Å². The fraction of sp³-hybridized carbons (Fsp3) is 0.647. The molecule has 0 aromatic heterocycles. The van der Waals surface area contributed by atoms with Crippen LogP contribution in [0.2, 0.25) is 0 Å². The molecule has 0 radical (unpaired) electrons. The first kappa shape index (κ1) is 15.9. The van der Waals surface area contributed by atoms with Gasteiger partial charge in [0.05, 0.1) is 14.2 Å². The minimum Gasteiger partial charge on any atom is -0.493 e. The van der Waals surface area contributed by atoms with Gasteiger partial charge in [0, 0.05) is 0 Å². The number of hydrogen-bond acceptors (Lipinski definition) is 2. The van der Waals surface area contributed by atoms with E-state index in [2.05, 4.69) is 46.8 Å².